The molecule has 15 heavy (non-hydrogen) atoms. The van der Waals surface area contributed by atoms with Gasteiger partial charge in [-0.1, -0.05) is 0 Å². The van der Waals surface area contributed by atoms with Crippen LogP contribution in [0.5, 0.6) is 0 Å². The molecule has 0 rings (SSSR count). The second-order valence-corrected chi connectivity index (χ2v) is 3.84. The summed E-state index contributed by atoms with van der Waals surface area (Å²) in [7, 11) is 4.17. The van der Waals surface area contributed by atoms with E-state index >= 15 is 0 Å². The van der Waals surface area contributed by atoms with Crippen LogP contribution in [0.1, 0.15) is 0 Å². The zero-order valence-electron chi connectivity index (χ0n) is 10.2. The summed E-state index contributed by atoms with van der Waals surface area (Å²) < 4.78 is 0. The molecule has 0 radical (unpaired) electrons. The van der Waals surface area contributed by atoms with Gasteiger partial charge in [0.15, 0.2) is 0 Å². The van der Waals surface area contributed by atoms with Crippen LogP contribution in [0.2, 0.25) is 0 Å². The normalized spacial score (nSPS) is 11.2. The van der Waals surface area contributed by atoms with Crippen LogP contribution in [-0.4, -0.2) is 71.4 Å². The minimum absolute atomic E-state index is 0.714. The molecular weight excluding hydrogens is 190 g/mol. The zero-order valence-corrected chi connectivity index (χ0v) is 10.2. The molecule has 0 unspecified atom stereocenters. The smallest absolute Gasteiger partial charge is 0.0101 e. The summed E-state index contributed by atoms with van der Waals surface area (Å²) in [6, 6.07) is 0. The first-order valence-electron chi connectivity index (χ1n) is 5.74. The summed E-state index contributed by atoms with van der Waals surface area (Å²) in [5, 5.41) is 9.96. The fraction of sp³-hybridized carbons (Fsp3) is 1.00. The van der Waals surface area contributed by atoms with E-state index in [1.807, 2.05) is 0 Å². The van der Waals surface area contributed by atoms with Gasteiger partial charge in [-0.05, 0) is 14.1 Å². The van der Waals surface area contributed by atoms with Gasteiger partial charge in [0.2, 0.25) is 0 Å². The molecule has 0 aromatic rings. The van der Waals surface area contributed by atoms with Gasteiger partial charge < -0.3 is 26.6 Å². The van der Waals surface area contributed by atoms with Crippen LogP contribution in [0, 0.1) is 0 Å². The summed E-state index contributed by atoms with van der Waals surface area (Å²) in [6.07, 6.45) is 0. The maximum atomic E-state index is 5.35. The van der Waals surface area contributed by atoms with Crippen LogP contribution in [-0.2, 0) is 0 Å². The lowest BCUT2D eigenvalue weighted by Gasteiger charge is -2.10. The molecule has 0 aliphatic rings. The molecule has 0 amide bonds. The molecular formula is C10H27N5. The number of hydrogen-bond acceptors (Lipinski definition) is 5. The second kappa shape index (κ2) is 11.9. The molecule has 0 fully saturated rings. The molecule has 0 saturated heterocycles. The van der Waals surface area contributed by atoms with Crippen molar-refractivity contribution in [3.05, 3.63) is 0 Å². The van der Waals surface area contributed by atoms with E-state index in [2.05, 4.69) is 34.9 Å². The van der Waals surface area contributed by atoms with Gasteiger partial charge in [0.25, 0.3) is 0 Å². The standard InChI is InChI=1S/C10H27N5/c1-15(2)10-9-14-8-7-13-6-5-12-4-3-11/h12-14H,3-11H2,1-2H3. The molecule has 0 bridgehead atoms. The number of nitrogens with two attached hydrogens (primary N) is 1. The van der Waals surface area contributed by atoms with Crippen molar-refractivity contribution in [2.45, 2.75) is 0 Å². The third-order valence-corrected chi connectivity index (χ3v) is 2.01. The minimum atomic E-state index is 0.714. The van der Waals surface area contributed by atoms with E-state index < -0.39 is 0 Å². The first kappa shape index (κ1) is 14.8. The van der Waals surface area contributed by atoms with Gasteiger partial charge >= 0.3 is 0 Å². The Bertz CT molecular complexity index is 118. The lowest BCUT2D eigenvalue weighted by atomic mass is 10.5. The van der Waals surface area contributed by atoms with Gasteiger partial charge in [-0.2, -0.15) is 0 Å². The van der Waals surface area contributed by atoms with Gasteiger partial charge in [-0.15, -0.1) is 0 Å². The monoisotopic (exact) mass is 217 g/mol. The number of likely N-dealkylation sites (N-methyl/N-ethyl adjacent to an activating group) is 1. The Labute approximate surface area is 93.8 Å². The molecule has 0 spiro atoms. The fourth-order valence-electron chi connectivity index (χ4n) is 1.13. The molecule has 5 N–H and O–H groups in total. The molecule has 0 aromatic carbocycles. The number of hydrogen-bond donors (Lipinski definition) is 4. The van der Waals surface area contributed by atoms with E-state index in [9.17, 15) is 0 Å². The first-order valence-corrected chi connectivity index (χ1v) is 5.74. The third kappa shape index (κ3) is 13.8. The Balaban J connectivity index is 2.87. The van der Waals surface area contributed by atoms with E-state index in [1.165, 1.54) is 0 Å². The topological polar surface area (TPSA) is 65.3 Å². The van der Waals surface area contributed by atoms with E-state index in [0.717, 1.165) is 45.8 Å². The quantitative estimate of drug-likeness (QED) is 0.310. The Hall–Kier alpha value is -0.200. The molecule has 0 aromatic heterocycles. The second-order valence-electron chi connectivity index (χ2n) is 3.84. The summed E-state index contributed by atoms with van der Waals surface area (Å²) in [5.41, 5.74) is 5.35. The van der Waals surface area contributed by atoms with Crippen LogP contribution in [0.3, 0.4) is 0 Å². The highest BCUT2D eigenvalue weighted by molar-refractivity contribution is 4.55. The van der Waals surface area contributed by atoms with Gasteiger partial charge in [-0.3, -0.25) is 0 Å². The van der Waals surface area contributed by atoms with Crippen LogP contribution < -0.4 is 21.7 Å². The molecule has 0 atom stereocenters. The molecule has 0 aliphatic carbocycles. The SMILES string of the molecule is CN(C)CCNCCNCCNCCN. The van der Waals surface area contributed by atoms with Crippen molar-refractivity contribution in [1.82, 2.24) is 20.9 Å². The van der Waals surface area contributed by atoms with Crippen molar-refractivity contribution in [2.75, 3.05) is 66.5 Å². The zero-order chi connectivity index (χ0) is 11.4. The van der Waals surface area contributed by atoms with Crippen LogP contribution in [0.4, 0.5) is 0 Å². The summed E-state index contributed by atoms with van der Waals surface area (Å²) in [4.78, 5) is 2.18. The third-order valence-electron chi connectivity index (χ3n) is 2.01. The highest BCUT2D eigenvalue weighted by Crippen LogP contribution is 1.69. The van der Waals surface area contributed by atoms with E-state index in [0.29, 0.717) is 6.54 Å². The van der Waals surface area contributed by atoms with E-state index in [-0.39, 0.29) is 0 Å². The average Bonchev–Trinajstić information content (AvgIpc) is 2.20. The molecule has 5 heteroatoms. The van der Waals surface area contributed by atoms with Crippen molar-refractivity contribution in [1.29, 1.82) is 0 Å². The number of rotatable bonds is 11. The minimum Gasteiger partial charge on any atom is -0.329 e. The van der Waals surface area contributed by atoms with Gasteiger partial charge in [-0.25, -0.2) is 0 Å². The maximum absolute atomic E-state index is 5.35. The largest absolute Gasteiger partial charge is 0.329 e. The van der Waals surface area contributed by atoms with Gasteiger partial charge in [0.05, 0.1) is 0 Å². The van der Waals surface area contributed by atoms with Crippen LogP contribution >= 0.6 is 0 Å². The Morgan fingerprint density at radius 1 is 0.800 bits per heavy atom. The van der Waals surface area contributed by atoms with Crippen molar-refractivity contribution in [2.24, 2.45) is 5.73 Å². The highest BCUT2D eigenvalue weighted by atomic mass is 15.1. The Kier molecular flexibility index (Phi) is 11.7. The predicted octanol–water partition coefficient (Wildman–Crippen LogP) is -1.72. The van der Waals surface area contributed by atoms with Crippen molar-refractivity contribution < 1.29 is 0 Å². The molecule has 0 aliphatic heterocycles. The van der Waals surface area contributed by atoms with E-state index in [1.54, 1.807) is 0 Å². The lowest BCUT2D eigenvalue weighted by molar-refractivity contribution is 0.399. The number of nitrogens with one attached hydrogen (secondary N) is 3. The van der Waals surface area contributed by atoms with Crippen LogP contribution in [0.25, 0.3) is 0 Å². The molecule has 5 nitrogen and oxygen atoms in total. The lowest BCUT2D eigenvalue weighted by Crippen LogP contribution is -2.35. The maximum Gasteiger partial charge on any atom is 0.0101 e. The Morgan fingerprint density at radius 2 is 1.27 bits per heavy atom. The Morgan fingerprint density at radius 3 is 1.73 bits per heavy atom. The highest BCUT2D eigenvalue weighted by Gasteiger charge is 1.90. The van der Waals surface area contributed by atoms with E-state index in [4.69, 9.17) is 5.73 Å². The van der Waals surface area contributed by atoms with Gasteiger partial charge in [0, 0.05) is 52.4 Å². The van der Waals surface area contributed by atoms with Crippen molar-refractivity contribution in [3.63, 3.8) is 0 Å². The van der Waals surface area contributed by atoms with Crippen molar-refractivity contribution >= 4 is 0 Å². The fourth-order valence-corrected chi connectivity index (χ4v) is 1.13. The van der Waals surface area contributed by atoms with Gasteiger partial charge in [0.1, 0.15) is 0 Å². The summed E-state index contributed by atoms with van der Waals surface area (Å²) >= 11 is 0. The van der Waals surface area contributed by atoms with Crippen LogP contribution in [0.15, 0.2) is 0 Å². The average molecular weight is 217 g/mol. The van der Waals surface area contributed by atoms with Crippen molar-refractivity contribution in [3.8, 4) is 0 Å². The summed E-state index contributed by atoms with van der Waals surface area (Å²) in [6.45, 7) is 7.83. The molecule has 0 heterocycles. The molecule has 92 valence electrons. The summed E-state index contributed by atoms with van der Waals surface area (Å²) in [5.74, 6) is 0. The predicted molar refractivity (Wildman–Crippen MR) is 66.2 cm³/mol. The molecule has 0 saturated carbocycles. The first-order chi connectivity index (χ1) is 7.27. The number of nitrogens with zero attached hydrogens (tertiary/aromatic N) is 1.